The van der Waals surface area contributed by atoms with Gasteiger partial charge in [-0.3, -0.25) is 14.7 Å². The smallest absolute Gasteiger partial charge is 0.250 e. The van der Waals surface area contributed by atoms with Crippen LogP contribution in [0.25, 0.3) is 22.0 Å². The van der Waals surface area contributed by atoms with Gasteiger partial charge < -0.3 is 15.7 Å². The fourth-order valence-corrected chi connectivity index (χ4v) is 3.34. The summed E-state index contributed by atoms with van der Waals surface area (Å²) >= 11 is 0. The third-order valence-corrected chi connectivity index (χ3v) is 4.93. The second-order valence-corrected chi connectivity index (χ2v) is 7.18. The first-order valence-electron chi connectivity index (χ1n) is 9.92. The highest BCUT2D eigenvalue weighted by atomic mass is 16.3. The summed E-state index contributed by atoms with van der Waals surface area (Å²) in [7, 11) is 0. The number of nitrogens with one attached hydrogen (secondary N) is 3. The van der Waals surface area contributed by atoms with Gasteiger partial charge in [0.1, 0.15) is 6.04 Å². The number of carbonyl (C=O) groups is 2. The molecule has 7 nitrogen and oxygen atoms in total. The number of fused-ring (bicyclic) bond motifs is 1. The van der Waals surface area contributed by atoms with Crippen LogP contribution in [0.3, 0.4) is 0 Å². The summed E-state index contributed by atoms with van der Waals surface area (Å²) in [4.78, 5) is 25.0. The fourth-order valence-electron chi connectivity index (χ4n) is 3.34. The Morgan fingerprint density at radius 3 is 2.45 bits per heavy atom. The standard InChI is InChI=1S/C24H22N4O3/c29-15-21(24(31)26-22-14-20(27-28-22)18-7-2-1-3-8-18)25-23(30)13-16-10-11-17-6-4-5-9-19(17)12-16/h1-12,14,21,29H,13,15H2,(H,25,30)(H2,26,27,28,31)/t21-/m0/s1. The molecular formula is C24H22N4O3. The Morgan fingerprint density at radius 2 is 1.68 bits per heavy atom. The highest BCUT2D eigenvalue weighted by Crippen LogP contribution is 2.19. The Hall–Kier alpha value is -3.97. The number of carbonyl (C=O) groups excluding carboxylic acids is 2. The van der Waals surface area contributed by atoms with E-state index < -0.39 is 18.6 Å². The average molecular weight is 414 g/mol. The summed E-state index contributed by atoms with van der Waals surface area (Å²) in [5, 5.41) is 23.9. The minimum atomic E-state index is -1.08. The van der Waals surface area contributed by atoms with Crippen LogP contribution in [0.5, 0.6) is 0 Å². The van der Waals surface area contributed by atoms with Gasteiger partial charge in [-0.15, -0.1) is 0 Å². The molecule has 0 spiro atoms. The summed E-state index contributed by atoms with van der Waals surface area (Å²) < 4.78 is 0. The van der Waals surface area contributed by atoms with Crippen molar-refractivity contribution >= 4 is 28.4 Å². The summed E-state index contributed by atoms with van der Waals surface area (Å²) in [6, 6.07) is 23.8. The zero-order valence-electron chi connectivity index (χ0n) is 16.7. The lowest BCUT2D eigenvalue weighted by Crippen LogP contribution is -2.46. The van der Waals surface area contributed by atoms with Crippen LogP contribution in [0.4, 0.5) is 5.82 Å². The first-order valence-corrected chi connectivity index (χ1v) is 9.92. The molecule has 0 aliphatic heterocycles. The maximum Gasteiger partial charge on any atom is 0.250 e. The molecule has 31 heavy (non-hydrogen) atoms. The van der Waals surface area contributed by atoms with Crippen molar-refractivity contribution in [2.45, 2.75) is 12.5 Å². The first-order chi connectivity index (χ1) is 15.1. The topological polar surface area (TPSA) is 107 Å². The molecule has 0 radical (unpaired) electrons. The molecule has 1 aromatic heterocycles. The molecule has 0 saturated carbocycles. The number of aliphatic hydroxyl groups is 1. The Bertz CT molecular complexity index is 1200. The molecule has 0 aliphatic carbocycles. The van der Waals surface area contributed by atoms with Gasteiger partial charge in [0.15, 0.2) is 5.82 Å². The van der Waals surface area contributed by atoms with E-state index in [1.807, 2.05) is 72.8 Å². The monoisotopic (exact) mass is 414 g/mol. The Labute approximate surface area is 179 Å². The van der Waals surface area contributed by atoms with Gasteiger partial charge in [-0.25, -0.2) is 0 Å². The SMILES string of the molecule is O=C(Cc1ccc2ccccc2c1)N[C@@H](CO)C(=O)Nc1cc(-c2ccccc2)[nH]n1. The highest BCUT2D eigenvalue weighted by molar-refractivity contribution is 5.97. The van der Waals surface area contributed by atoms with E-state index in [4.69, 9.17) is 0 Å². The number of H-pyrrole nitrogens is 1. The van der Waals surface area contributed by atoms with Crippen molar-refractivity contribution in [3.8, 4) is 11.3 Å². The van der Waals surface area contributed by atoms with E-state index in [0.29, 0.717) is 5.82 Å². The Balaban J connectivity index is 1.37. The van der Waals surface area contributed by atoms with E-state index in [-0.39, 0.29) is 12.3 Å². The van der Waals surface area contributed by atoms with Gasteiger partial charge in [-0.05, 0) is 21.9 Å². The van der Waals surface area contributed by atoms with Crippen molar-refractivity contribution in [3.63, 3.8) is 0 Å². The van der Waals surface area contributed by atoms with Gasteiger partial charge >= 0.3 is 0 Å². The minimum absolute atomic E-state index is 0.106. The van der Waals surface area contributed by atoms with Crippen molar-refractivity contribution in [1.29, 1.82) is 0 Å². The average Bonchev–Trinajstić information content (AvgIpc) is 3.26. The lowest BCUT2D eigenvalue weighted by Gasteiger charge is -2.15. The number of nitrogens with zero attached hydrogens (tertiary/aromatic N) is 1. The maximum atomic E-state index is 12.5. The summed E-state index contributed by atoms with van der Waals surface area (Å²) in [5.74, 6) is -0.581. The molecule has 4 aromatic rings. The van der Waals surface area contributed by atoms with Crippen LogP contribution < -0.4 is 10.6 Å². The molecule has 0 fully saturated rings. The highest BCUT2D eigenvalue weighted by Gasteiger charge is 2.21. The van der Waals surface area contributed by atoms with E-state index in [1.54, 1.807) is 6.07 Å². The molecule has 0 aliphatic rings. The van der Waals surface area contributed by atoms with Gasteiger partial charge in [0.05, 0.1) is 18.7 Å². The minimum Gasteiger partial charge on any atom is -0.394 e. The molecule has 0 unspecified atom stereocenters. The summed E-state index contributed by atoms with van der Waals surface area (Å²) in [6.07, 6.45) is 0.106. The zero-order valence-corrected chi connectivity index (χ0v) is 16.7. The molecule has 2 amide bonds. The van der Waals surface area contributed by atoms with E-state index in [9.17, 15) is 14.7 Å². The number of benzene rings is 3. The van der Waals surface area contributed by atoms with Gasteiger partial charge in [0, 0.05) is 6.07 Å². The van der Waals surface area contributed by atoms with Crippen LogP contribution in [-0.2, 0) is 16.0 Å². The van der Waals surface area contributed by atoms with Crippen molar-refractivity contribution in [3.05, 3.63) is 84.4 Å². The molecule has 0 saturated heterocycles. The lowest BCUT2D eigenvalue weighted by atomic mass is 10.0. The maximum absolute atomic E-state index is 12.5. The van der Waals surface area contributed by atoms with Gasteiger partial charge in [-0.2, -0.15) is 5.10 Å². The number of anilines is 1. The number of hydrogen-bond acceptors (Lipinski definition) is 4. The molecule has 0 bridgehead atoms. The van der Waals surface area contributed by atoms with Crippen LogP contribution in [0.15, 0.2) is 78.9 Å². The van der Waals surface area contributed by atoms with Crippen molar-refractivity contribution < 1.29 is 14.7 Å². The summed E-state index contributed by atoms with van der Waals surface area (Å²) in [6.45, 7) is -0.523. The summed E-state index contributed by atoms with van der Waals surface area (Å²) in [5.41, 5.74) is 2.50. The second kappa shape index (κ2) is 9.23. The van der Waals surface area contributed by atoms with Gasteiger partial charge in [-0.1, -0.05) is 72.8 Å². The molecule has 4 rings (SSSR count). The van der Waals surface area contributed by atoms with Crippen LogP contribution in [0, 0.1) is 0 Å². The van der Waals surface area contributed by atoms with Crippen molar-refractivity contribution in [2.24, 2.45) is 0 Å². The largest absolute Gasteiger partial charge is 0.394 e. The molecule has 156 valence electrons. The number of aromatic nitrogens is 2. The van der Waals surface area contributed by atoms with E-state index in [2.05, 4.69) is 20.8 Å². The lowest BCUT2D eigenvalue weighted by molar-refractivity contribution is -0.126. The molecule has 1 heterocycles. The predicted octanol–water partition coefficient (Wildman–Crippen LogP) is 2.89. The first kappa shape index (κ1) is 20.3. The molecule has 1 atom stereocenters. The zero-order chi connectivity index (χ0) is 21.6. The van der Waals surface area contributed by atoms with Gasteiger partial charge in [0.2, 0.25) is 5.91 Å². The van der Waals surface area contributed by atoms with E-state index in [1.165, 1.54) is 0 Å². The number of rotatable bonds is 7. The van der Waals surface area contributed by atoms with Crippen LogP contribution >= 0.6 is 0 Å². The second-order valence-electron chi connectivity index (χ2n) is 7.18. The number of aromatic amines is 1. The molecular weight excluding hydrogens is 392 g/mol. The van der Waals surface area contributed by atoms with Gasteiger partial charge in [0.25, 0.3) is 5.91 Å². The Morgan fingerprint density at radius 1 is 0.935 bits per heavy atom. The van der Waals surface area contributed by atoms with Crippen LogP contribution in [0.1, 0.15) is 5.56 Å². The van der Waals surface area contributed by atoms with E-state index >= 15 is 0 Å². The fraction of sp³-hybridized carbons (Fsp3) is 0.125. The molecule has 3 aromatic carbocycles. The number of aliphatic hydroxyl groups excluding tert-OH is 1. The van der Waals surface area contributed by atoms with Crippen LogP contribution in [-0.4, -0.2) is 39.8 Å². The third-order valence-electron chi connectivity index (χ3n) is 4.93. The molecule has 7 heteroatoms. The third kappa shape index (κ3) is 4.96. The number of hydrogen-bond donors (Lipinski definition) is 4. The van der Waals surface area contributed by atoms with Crippen molar-refractivity contribution in [2.75, 3.05) is 11.9 Å². The molecule has 4 N–H and O–H groups in total. The quantitative estimate of drug-likeness (QED) is 0.373. The predicted molar refractivity (Wildman–Crippen MR) is 119 cm³/mol. The Kier molecular flexibility index (Phi) is 6.05. The number of amides is 2. The van der Waals surface area contributed by atoms with Crippen molar-refractivity contribution in [1.82, 2.24) is 15.5 Å². The normalized spacial score (nSPS) is 11.8. The van der Waals surface area contributed by atoms with Crippen LogP contribution in [0.2, 0.25) is 0 Å². The van der Waals surface area contributed by atoms with E-state index in [0.717, 1.165) is 27.6 Å².